The lowest BCUT2D eigenvalue weighted by Crippen LogP contribution is -1.82. The lowest BCUT2D eigenvalue weighted by Gasteiger charge is -2.03. The molecule has 0 heterocycles. The largest absolute Gasteiger partial charge is 0.507 e. The molecule has 0 unspecified atom stereocenters. The van der Waals surface area contributed by atoms with Gasteiger partial charge in [-0.05, 0) is 59.7 Å². The number of rotatable bonds is 5. The Kier molecular flexibility index (Phi) is 5.67. The van der Waals surface area contributed by atoms with Crippen LogP contribution in [0.2, 0.25) is 0 Å². The van der Waals surface area contributed by atoms with Gasteiger partial charge in [0.25, 0.3) is 0 Å². The van der Waals surface area contributed by atoms with E-state index in [1.807, 2.05) is 72.8 Å². The summed E-state index contributed by atoms with van der Waals surface area (Å²) in [4.78, 5) is 8.84. The molecule has 30 heavy (non-hydrogen) atoms. The first kappa shape index (κ1) is 19.2. The van der Waals surface area contributed by atoms with Crippen LogP contribution in [0.5, 0.6) is 11.5 Å². The van der Waals surface area contributed by atoms with E-state index in [1.54, 1.807) is 36.7 Å². The highest BCUT2D eigenvalue weighted by molar-refractivity contribution is 5.86. The Morgan fingerprint density at radius 2 is 0.833 bits per heavy atom. The fourth-order valence-electron chi connectivity index (χ4n) is 2.96. The first-order valence-electron chi connectivity index (χ1n) is 9.54. The Labute approximate surface area is 175 Å². The maximum absolute atomic E-state index is 9.81. The molecule has 4 rings (SSSR count). The molecule has 0 fully saturated rings. The lowest BCUT2D eigenvalue weighted by atomic mass is 10.1. The molecule has 0 amide bonds. The molecule has 0 aliphatic rings. The molecule has 0 saturated carbocycles. The van der Waals surface area contributed by atoms with Crippen LogP contribution in [0.3, 0.4) is 0 Å². The van der Waals surface area contributed by atoms with Gasteiger partial charge in [-0.15, -0.1) is 0 Å². The maximum atomic E-state index is 9.81. The highest BCUT2D eigenvalue weighted by atomic mass is 16.3. The van der Waals surface area contributed by atoms with Crippen molar-refractivity contribution in [3.63, 3.8) is 0 Å². The van der Waals surface area contributed by atoms with E-state index in [0.717, 1.165) is 22.5 Å². The summed E-state index contributed by atoms with van der Waals surface area (Å²) in [6, 6.07) is 30.0. The molecule has 0 aliphatic carbocycles. The van der Waals surface area contributed by atoms with Crippen molar-refractivity contribution in [3.05, 3.63) is 108 Å². The van der Waals surface area contributed by atoms with E-state index in [-0.39, 0.29) is 11.5 Å². The molecule has 146 valence electrons. The van der Waals surface area contributed by atoms with Crippen LogP contribution in [-0.4, -0.2) is 22.6 Å². The normalized spacial score (nSPS) is 11.3. The van der Waals surface area contributed by atoms with E-state index in [1.165, 1.54) is 0 Å². The molecule has 0 spiro atoms. The second-order valence-corrected chi connectivity index (χ2v) is 6.73. The van der Waals surface area contributed by atoms with Gasteiger partial charge in [0.2, 0.25) is 0 Å². The van der Waals surface area contributed by atoms with Crippen LogP contribution < -0.4 is 0 Å². The van der Waals surface area contributed by atoms with Crippen LogP contribution in [0, 0.1) is 0 Å². The Hall–Kier alpha value is -4.18. The SMILES string of the molecule is Oc1ccccc1C=Nc1ccc(-c2ccc(N=Cc3ccccc3O)cc2)cc1. The molecule has 0 aliphatic heterocycles. The fourth-order valence-corrected chi connectivity index (χ4v) is 2.96. The summed E-state index contributed by atoms with van der Waals surface area (Å²) < 4.78 is 0. The van der Waals surface area contributed by atoms with E-state index in [4.69, 9.17) is 0 Å². The highest BCUT2D eigenvalue weighted by Crippen LogP contribution is 2.25. The van der Waals surface area contributed by atoms with Crippen molar-refractivity contribution in [2.24, 2.45) is 9.98 Å². The molecule has 0 saturated heterocycles. The summed E-state index contributed by atoms with van der Waals surface area (Å²) in [5.41, 5.74) is 5.14. The van der Waals surface area contributed by atoms with Gasteiger partial charge in [-0.25, -0.2) is 0 Å². The number of hydrogen-bond donors (Lipinski definition) is 2. The van der Waals surface area contributed by atoms with Crippen LogP contribution in [-0.2, 0) is 0 Å². The number of phenols is 2. The van der Waals surface area contributed by atoms with Crippen LogP contribution in [0.1, 0.15) is 11.1 Å². The van der Waals surface area contributed by atoms with Gasteiger partial charge in [0.05, 0.1) is 11.4 Å². The van der Waals surface area contributed by atoms with Crippen molar-refractivity contribution in [1.29, 1.82) is 0 Å². The van der Waals surface area contributed by atoms with Crippen molar-refractivity contribution in [2.75, 3.05) is 0 Å². The topological polar surface area (TPSA) is 65.2 Å². The van der Waals surface area contributed by atoms with Gasteiger partial charge in [0, 0.05) is 23.6 Å². The third-order valence-corrected chi connectivity index (χ3v) is 4.65. The quantitative estimate of drug-likeness (QED) is 0.393. The predicted molar refractivity (Wildman–Crippen MR) is 123 cm³/mol. The summed E-state index contributed by atoms with van der Waals surface area (Å²) in [5, 5.41) is 19.6. The zero-order valence-corrected chi connectivity index (χ0v) is 16.2. The molecule has 0 atom stereocenters. The van der Waals surface area contributed by atoms with E-state index in [2.05, 4.69) is 9.98 Å². The number of phenolic OH excluding ortho intramolecular Hbond substituents is 2. The highest BCUT2D eigenvalue weighted by Gasteiger charge is 2.00. The van der Waals surface area contributed by atoms with E-state index < -0.39 is 0 Å². The summed E-state index contributed by atoms with van der Waals surface area (Å²) >= 11 is 0. The third-order valence-electron chi connectivity index (χ3n) is 4.65. The zero-order valence-electron chi connectivity index (χ0n) is 16.2. The number of benzene rings is 4. The summed E-state index contributed by atoms with van der Waals surface area (Å²) in [7, 11) is 0. The summed E-state index contributed by atoms with van der Waals surface area (Å²) in [5.74, 6) is 0.422. The molecule has 2 N–H and O–H groups in total. The summed E-state index contributed by atoms with van der Waals surface area (Å²) in [6.45, 7) is 0. The minimum atomic E-state index is 0.211. The molecule has 0 bridgehead atoms. The molecule has 0 aromatic heterocycles. The number of nitrogens with zero attached hydrogens (tertiary/aromatic N) is 2. The fraction of sp³-hybridized carbons (Fsp3) is 0. The number of para-hydroxylation sites is 2. The minimum absolute atomic E-state index is 0.211. The van der Waals surface area contributed by atoms with Crippen molar-refractivity contribution >= 4 is 23.8 Å². The third kappa shape index (κ3) is 4.62. The molecule has 4 aromatic carbocycles. The molecule has 4 nitrogen and oxygen atoms in total. The monoisotopic (exact) mass is 392 g/mol. The first-order valence-corrected chi connectivity index (χ1v) is 9.54. The predicted octanol–water partition coefficient (Wildman–Crippen LogP) is 6.27. The molecular weight excluding hydrogens is 372 g/mol. The summed E-state index contributed by atoms with van der Waals surface area (Å²) in [6.07, 6.45) is 3.31. The number of hydrogen-bond acceptors (Lipinski definition) is 4. The van der Waals surface area contributed by atoms with Gasteiger partial charge >= 0.3 is 0 Å². The standard InChI is InChI=1S/C26H20N2O2/c29-25-7-3-1-5-21(25)17-27-23-13-9-19(10-14-23)20-11-15-24(16-12-20)28-18-22-6-2-4-8-26(22)30/h1-18,29-30H. The zero-order chi connectivity index (χ0) is 20.8. The van der Waals surface area contributed by atoms with E-state index >= 15 is 0 Å². The average molecular weight is 392 g/mol. The number of aromatic hydroxyl groups is 2. The van der Waals surface area contributed by atoms with Gasteiger partial charge in [-0.2, -0.15) is 0 Å². The molecular formula is C26H20N2O2. The minimum Gasteiger partial charge on any atom is -0.507 e. The van der Waals surface area contributed by atoms with Crippen LogP contribution >= 0.6 is 0 Å². The van der Waals surface area contributed by atoms with Gasteiger partial charge in [0.1, 0.15) is 11.5 Å². The second kappa shape index (κ2) is 8.88. The van der Waals surface area contributed by atoms with E-state index in [0.29, 0.717) is 11.1 Å². The Bertz CT molecular complexity index is 1100. The second-order valence-electron chi connectivity index (χ2n) is 6.73. The van der Waals surface area contributed by atoms with Gasteiger partial charge in [-0.1, -0.05) is 48.5 Å². The van der Waals surface area contributed by atoms with Crippen LogP contribution in [0.25, 0.3) is 11.1 Å². The maximum Gasteiger partial charge on any atom is 0.124 e. The van der Waals surface area contributed by atoms with Crippen molar-refractivity contribution < 1.29 is 10.2 Å². The Morgan fingerprint density at radius 3 is 1.20 bits per heavy atom. The van der Waals surface area contributed by atoms with Crippen molar-refractivity contribution in [2.45, 2.75) is 0 Å². The lowest BCUT2D eigenvalue weighted by molar-refractivity contribution is 0.474. The van der Waals surface area contributed by atoms with Crippen molar-refractivity contribution in [3.8, 4) is 22.6 Å². The Morgan fingerprint density at radius 1 is 0.467 bits per heavy atom. The Balaban J connectivity index is 1.46. The van der Waals surface area contributed by atoms with Gasteiger partial charge < -0.3 is 10.2 Å². The molecule has 4 heteroatoms. The van der Waals surface area contributed by atoms with Crippen LogP contribution in [0.4, 0.5) is 11.4 Å². The smallest absolute Gasteiger partial charge is 0.124 e. The van der Waals surface area contributed by atoms with Crippen LogP contribution in [0.15, 0.2) is 107 Å². The molecule has 4 aromatic rings. The van der Waals surface area contributed by atoms with Gasteiger partial charge in [0.15, 0.2) is 0 Å². The van der Waals surface area contributed by atoms with Crippen molar-refractivity contribution in [1.82, 2.24) is 0 Å². The molecule has 0 radical (unpaired) electrons. The van der Waals surface area contributed by atoms with Gasteiger partial charge in [-0.3, -0.25) is 9.98 Å². The van der Waals surface area contributed by atoms with E-state index in [9.17, 15) is 10.2 Å². The first-order chi connectivity index (χ1) is 14.7. The number of aliphatic imine (C=N–C) groups is 2. The average Bonchev–Trinajstić information content (AvgIpc) is 2.79.